The van der Waals surface area contributed by atoms with E-state index in [2.05, 4.69) is 10.5 Å². The van der Waals surface area contributed by atoms with Gasteiger partial charge in [0.25, 0.3) is 5.69 Å². The third kappa shape index (κ3) is 4.73. The summed E-state index contributed by atoms with van der Waals surface area (Å²) in [7, 11) is 0. The van der Waals surface area contributed by atoms with Gasteiger partial charge in [0.15, 0.2) is 0 Å². The molecule has 0 aliphatic heterocycles. The van der Waals surface area contributed by atoms with E-state index in [0.717, 1.165) is 17.2 Å². The first-order valence-electron chi connectivity index (χ1n) is 7.76. The number of hydrazone groups is 1. The average Bonchev–Trinajstić information content (AvgIpc) is 2.60. The van der Waals surface area contributed by atoms with Crippen molar-refractivity contribution in [1.82, 2.24) is 0 Å². The van der Waals surface area contributed by atoms with Gasteiger partial charge < -0.3 is 0 Å². The maximum Gasteiger partial charge on any atom is 0.301 e. The van der Waals surface area contributed by atoms with Crippen LogP contribution in [0.15, 0.2) is 53.6 Å². The highest BCUT2D eigenvalue weighted by atomic mass is 16.6. The zero-order chi connectivity index (χ0) is 19.3. The minimum absolute atomic E-state index is 0.0846. The van der Waals surface area contributed by atoms with Crippen LogP contribution in [0.3, 0.4) is 0 Å². The van der Waals surface area contributed by atoms with E-state index in [4.69, 9.17) is 0 Å². The van der Waals surface area contributed by atoms with Gasteiger partial charge in [-0.3, -0.25) is 25.7 Å². The molecule has 0 spiro atoms. The lowest BCUT2D eigenvalue weighted by molar-refractivity contribution is -0.393. The molecule has 0 aliphatic rings. The lowest BCUT2D eigenvalue weighted by Gasteiger charge is -2.04. The molecule has 0 fully saturated rings. The molecule has 0 saturated carbocycles. The number of rotatable bonds is 6. The largest absolute Gasteiger partial charge is 0.301 e. The highest BCUT2D eigenvalue weighted by molar-refractivity contribution is 5.99. The van der Waals surface area contributed by atoms with E-state index in [-0.39, 0.29) is 11.4 Å². The summed E-state index contributed by atoms with van der Waals surface area (Å²) < 4.78 is 0. The fraction of sp³-hybridized carbons (Fsp3) is 0.167. The molecular weight excluding hydrogens is 336 g/mol. The third-order valence-electron chi connectivity index (χ3n) is 3.67. The van der Waals surface area contributed by atoms with Crippen molar-refractivity contribution in [2.45, 2.75) is 20.8 Å². The van der Waals surface area contributed by atoms with Gasteiger partial charge in [0, 0.05) is 6.07 Å². The zero-order valence-corrected chi connectivity index (χ0v) is 14.6. The Hall–Kier alpha value is -3.55. The molecule has 8 heteroatoms. The van der Waals surface area contributed by atoms with Gasteiger partial charge in [0.2, 0.25) is 0 Å². The Bertz CT molecular complexity index is 902. The summed E-state index contributed by atoms with van der Waals surface area (Å²) in [6, 6.07) is 11.4. The number of hydrogen-bond acceptors (Lipinski definition) is 6. The molecule has 0 amide bonds. The Morgan fingerprint density at radius 1 is 1.04 bits per heavy atom. The van der Waals surface area contributed by atoms with Gasteiger partial charge in [-0.1, -0.05) is 29.8 Å². The number of hydrogen-bond donors (Lipinski definition) is 1. The third-order valence-corrected chi connectivity index (χ3v) is 3.67. The van der Waals surface area contributed by atoms with Crippen LogP contribution in [0.5, 0.6) is 0 Å². The monoisotopic (exact) mass is 354 g/mol. The van der Waals surface area contributed by atoms with Gasteiger partial charge in [0.1, 0.15) is 5.69 Å². The topological polar surface area (TPSA) is 111 Å². The van der Waals surface area contributed by atoms with Crippen molar-refractivity contribution in [2.75, 3.05) is 5.43 Å². The second-order valence-corrected chi connectivity index (χ2v) is 5.77. The van der Waals surface area contributed by atoms with Crippen LogP contribution in [0.4, 0.5) is 17.1 Å². The maximum atomic E-state index is 11.1. The number of nitrogens with one attached hydrogen (secondary N) is 1. The normalized spacial score (nSPS) is 12.0. The van der Waals surface area contributed by atoms with Crippen molar-refractivity contribution in [3.63, 3.8) is 0 Å². The number of benzene rings is 2. The van der Waals surface area contributed by atoms with Crippen LogP contribution in [-0.2, 0) is 0 Å². The molecule has 8 nitrogen and oxygen atoms in total. The van der Waals surface area contributed by atoms with Gasteiger partial charge in [0.05, 0.1) is 21.6 Å². The molecule has 2 aromatic carbocycles. The summed E-state index contributed by atoms with van der Waals surface area (Å²) in [6.07, 6.45) is 1.84. The van der Waals surface area contributed by atoms with Gasteiger partial charge in [-0.2, -0.15) is 5.10 Å². The molecule has 0 aromatic heterocycles. The van der Waals surface area contributed by atoms with Crippen LogP contribution in [0.25, 0.3) is 5.57 Å². The Kier molecular flexibility index (Phi) is 5.79. The lowest BCUT2D eigenvalue weighted by Crippen LogP contribution is -2.00. The molecule has 2 rings (SSSR count). The van der Waals surface area contributed by atoms with Crippen molar-refractivity contribution in [1.29, 1.82) is 0 Å². The smallest absolute Gasteiger partial charge is 0.271 e. The van der Waals surface area contributed by atoms with E-state index < -0.39 is 15.5 Å². The lowest BCUT2D eigenvalue weighted by atomic mass is 10.0. The highest BCUT2D eigenvalue weighted by Crippen LogP contribution is 2.29. The predicted molar refractivity (Wildman–Crippen MR) is 101 cm³/mol. The Morgan fingerprint density at radius 3 is 2.27 bits per heavy atom. The predicted octanol–water partition coefficient (Wildman–Crippen LogP) is 4.70. The molecule has 0 bridgehead atoms. The van der Waals surface area contributed by atoms with Gasteiger partial charge in [-0.05, 0) is 44.1 Å². The van der Waals surface area contributed by atoms with Crippen molar-refractivity contribution >= 4 is 28.3 Å². The van der Waals surface area contributed by atoms with Crippen LogP contribution in [0.2, 0.25) is 0 Å². The molecule has 0 aliphatic carbocycles. The number of non-ortho nitro benzene ring substituents is 1. The summed E-state index contributed by atoms with van der Waals surface area (Å²) in [5, 5.41) is 26.0. The molecule has 1 N–H and O–H groups in total. The second kappa shape index (κ2) is 8.02. The van der Waals surface area contributed by atoms with Gasteiger partial charge in [-0.25, -0.2) is 0 Å². The number of anilines is 1. The van der Waals surface area contributed by atoms with Crippen molar-refractivity contribution in [2.24, 2.45) is 5.10 Å². The zero-order valence-electron chi connectivity index (χ0n) is 14.6. The molecule has 0 saturated heterocycles. The first kappa shape index (κ1) is 18.8. The minimum Gasteiger partial charge on any atom is -0.271 e. The molecule has 0 unspecified atom stereocenters. The van der Waals surface area contributed by atoms with Crippen molar-refractivity contribution in [3.05, 3.63) is 79.9 Å². The number of aryl methyl sites for hydroxylation is 1. The number of nitro benzene ring substituents is 2. The summed E-state index contributed by atoms with van der Waals surface area (Å²) >= 11 is 0. The highest BCUT2D eigenvalue weighted by Gasteiger charge is 2.19. The maximum absolute atomic E-state index is 11.1. The Balaban J connectivity index is 2.22. The van der Waals surface area contributed by atoms with Crippen molar-refractivity contribution in [3.8, 4) is 0 Å². The molecule has 0 radical (unpaired) electrons. The summed E-state index contributed by atoms with van der Waals surface area (Å²) in [5.74, 6) is 0. The van der Waals surface area contributed by atoms with Gasteiger partial charge in [-0.15, -0.1) is 0 Å². The van der Waals surface area contributed by atoms with Crippen LogP contribution in [0, 0.1) is 27.2 Å². The Morgan fingerprint density at radius 2 is 1.69 bits per heavy atom. The van der Waals surface area contributed by atoms with Crippen LogP contribution in [0.1, 0.15) is 25.0 Å². The molecule has 0 heterocycles. The molecule has 0 atom stereocenters. The molecular formula is C18H18N4O4. The molecule has 2 aromatic rings. The molecule has 134 valence electrons. The van der Waals surface area contributed by atoms with E-state index >= 15 is 0 Å². The van der Waals surface area contributed by atoms with E-state index in [0.29, 0.717) is 5.71 Å². The number of nitro groups is 2. The number of allylic oxidation sites excluding steroid dienone is 2. The average molecular weight is 354 g/mol. The fourth-order valence-corrected chi connectivity index (χ4v) is 2.27. The van der Waals surface area contributed by atoms with Gasteiger partial charge >= 0.3 is 5.69 Å². The fourth-order valence-electron chi connectivity index (χ4n) is 2.27. The van der Waals surface area contributed by atoms with E-state index in [9.17, 15) is 20.2 Å². The minimum atomic E-state index is -0.687. The summed E-state index contributed by atoms with van der Waals surface area (Å²) in [4.78, 5) is 20.5. The van der Waals surface area contributed by atoms with Crippen molar-refractivity contribution < 1.29 is 9.85 Å². The first-order valence-corrected chi connectivity index (χ1v) is 7.76. The van der Waals surface area contributed by atoms with Crippen LogP contribution >= 0.6 is 0 Å². The van der Waals surface area contributed by atoms with E-state index in [1.165, 1.54) is 17.7 Å². The Labute approximate surface area is 150 Å². The summed E-state index contributed by atoms with van der Waals surface area (Å²) in [6.45, 7) is 5.70. The SMILES string of the molecule is CC(/C=C(\C)c1ccc(C)cc1)=N/Nc1ccc([N+](=O)[O-])cc1[N+](=O)[O-]. The quantitative estimate of drug-likeness (QED) is 0.459. The number of nitrogens with zero attached hydrogens (tertiary/aromatic N) is 3. The van der Waals surface area contributed by atoms with E-state index in [1.54, 1.807) is 6.92 Å². The summed E-state index contributed by atoms with van der Waals surface area (Å²) in [5.41, 5.74) is 5.75. The van der Waals surface area contributed by atoms with E-state index in [1.807, 2.05) is 44.2 Å². The first-order chi connectivity index (χ1) is 12.3. The molecule has 26 heavy (non-hydrogen) atoms. The standard InChI is InChI=1S/C18H18N4O4/c1-12-4-6-15(7-5-12)13(2)10-14(3)19-20-17-9-8-16(21(23)24)11-18(17)22(25)26/h4-11,20H,1-3H3/b13-10+,19-14-. The van der Waals surface area contributed by atoms with Crippen LogP contribution < -0.4 is 5.43 Å². The second-order valence-electron chi connectivity index (χ2n) is 5.77. The van der Waals surface area contributed by atoms with Crippen LogP contribution in [-0.4, -0.2) is 15.6 Å².